The van der Waals surface area contributed by atoms with Crippen LogP contribution in [0.4, 0.5) is 0 Å². The van der Waals surface area contributed by atoms with Gasteiger partial charge in [-0.15, -0.1) is 0 Å². The second-order valence-electron chi connectivity index (χ2n) is 22.2. The number of ether oxygens (including phenoxy) is 2. The summed E-state index contributed by atoms with van der Waals surface area (Å²) in [6.07, 6.45) is 76.3. The summed E-state index contributed by atoms with van der Waals surface area (Å²) in [6, 6.07) is -0.835. The summed E-state index contributed by atoms with van der Waals surface area (Å²) in [5.41, 5.74) is 0. The highest BCUT2D eigenvalue weighted by atomic mass is 16.7. The molecule has 6 N–H and O–H groups in total. The molecule has 1 aliphatic rings. The van der Waals surface area contributed by atoms with E-state index in [-0.39, 0.29) is 12.5 Å². The highest BCUT2D eigenvalue weighted by Crippen LogP contribution is 2.23. The first-order valence-electron chi connectivity index (χ1n) is 32.5. The first-order valence-corrected chi connectivity index (χ1v) is 32.5. The van der Waals surface area contributed by atoms with Gasteiger partial charge < -0.3 is 40.3 Å². The summed E-state index contributed by atoms with van der Waals surface area (Å²) in [6.45, 7) is 3.67. The number of aliphatic hydroxyl groups excluding tert-OH is 5. The number of hydrogen-bond donors (Lipinski definition) is 6. The van der Waals surface area contributed by atoms with Gasteiger partial charge in [0.25, 0.3) is 0 Å². The van der Waals surface area contributed by atoms with Crippen LogP contribution in [0.25, 0.3) is 0 Å². The Kier molecular flexibility index (Phi) is 53.8. The van der Waals surface area contributed by atoms with E-state index in [2.05, 4.69) is 104 Å². The van der Waals surface area contributed by atoms with Gasteiger partial charge in [0.1, 0.15) is 24.4 Å². The van der Waals surface area contributed by atoms with Crippen molar-refractivity contribution >= 4 is 5.91 Å². The highest BCUT2D eigenvalue weighted by molar-refractivity contribution is 5.76. The molecule has 9 heteroatoms. The molecule has 7 atom stereocenters. The van der Waals surface area contributed by atoms with E-state index < -0.39 is 49.5 Å². The van der Waals surface area contributed by atoms with Crippen molar-refractivity contribution in [2.24, 2.45) is 0 Å². The molecule has 1 saturated heterocycles. The fourth-order valence-electron chi connectivity index (χ4n) is 9.83. The van der Waals surface area contributed by atoms with Crippen molar-refractivity contribution in [3.05, 3.63) is 97.2 Å². The van der Waals surface area contributed by atoms with Gasteiger partial charge in [-0.1, -0.05) is 284 Å². The predicted molar refractivity (Wildman–Crippen MR) is 331 cm³/mol. The van der Waals surface area contributed by atoms with Crippen LogP contribution < -0.4 is 5.32 Å². The van der Waals surface area contributed by atoms with Gasteiger partial charge in [-0.2, -0.15) is 0 Å². The molecule has 1 fully saturated rings. The van der Waals surface area contributed by atoms with E-state index in [1.54, 1.807) is 6.08 Å². The molecule has 78 heavy (non-hydrogen) atoms. The minimum Gasteiger partial charge on any atom is -0.394 e. The van der Waals surface area contributed by atoms with Crippen molar-refractivity contribution in [3.8, 4) is 0 Å². The summed E-state index contributed by atoms with van der Waals surface area (Å²) < 4.78 is 11.3. The monoisotopic (exact) mass is 1090 g/mol. The van der Waals surface area contributed by atoms with Gasteiger partial charge in [-0.25, -0.2) is 0 Å². The van der Waals surface area contributed by atoms with Crippen LogP contribution in [-0.2, 0) is 14.3 Å². The molecule has 0 aromatic carbocycles. The van der Waals surface area contributed by atoms with Gasteiger partial charge in [-0.05, 0) is 83.5 Å². The summed E-state index contributed by atoms with van der Waals surface area (Å²) >= 11 is 0. The van der Waals surface area contributed by atoms with Gasteiger partial charge in [0, 0.05) is 6.42 Å². The first-order chi connectivity index (χ1) is 38.3. The summed E-state index contributed by atoms with van der Waals surface area (Å²) in [4.78, 5) is 13.1. The van der Waals surface area contributed by atoms with Crippen LogP contribution in [0.15, 0.2) is 97.2 Å². The topological polar surface area (TPSA) is 149 Å². The predicted octanol–water partition coefficient (Wildman–Crippen LogP) is 17.1. The van der Waals surface area contributed by atoms with Gasteiger partial charge in [0.05, 0.1) is 25.4 Å². The van der Waals surface area contributed by atoms with E-state index >= 15 is 0 Å². The lowest BCUT2D eigenvalue weighted by Gasteiger charge is -2.40. The maximum absolute atomic E-state index is 13.1. The van der Waals surface area contributed by atoms with Crippen LogP contribution in [0.5, 0.6) is 0 Å². The number of nitrogens with one attached hydrogen (secondary N) is 1. The number of rotatable bonds is 55. The number of aliphatic hydroxyl groups is 5. The van der Waals surface area contributed by atoms with Crippen molar-refractivity contribution in [2.45, 2.75) is 320 Å². The minimum atomic E-state index is -1.58. The average Bonchev–Trinajstić information content (AvgIpc) is 3.45. The van der Waals surface area contributed by atoms with E-state index in [0.29, 0.717) is 6.42 Å². The normalized spacial score (nSPS) is 19.3. The van der Waals surface area contributed by atoms with Crippen LogP contribution >= 0.6 is 0 Å². The average molecular weight is 1090 g/mol. The second-order valence-corrected chi connectivity index (χ2v) is 22.2. The molecule has 0 aliphatic carbocycles. The molecule has 1 amide bonds. The minimum absolute atomic E-state index is 0.197. The molecule has 0 radical (unpaired) electrons. The summed E-state index contributed by atoms with van der Waals surface area (Å²) in [5, 5.41) is 54.7. The quantitative estimate of drug-likeness (QED) is 0.0261. The van der Waals surface area contributed by atoms with Gasteiger partial charge >= 0.3 is 0 Å². The van der Waals surface area contributed by atoms with Crippen molar-refractivity contribution in [3.63, 3.8) is 0 Å². The first kappa shape index (κ1) is 73.1. The van der Waals surface area contributed by atoms with Gasteiger partial charge in [0.2, 0.25) is 5.91 Å². The molecule has 0 aromatic rings. The lowest BCUT2D eigenvalue weighted by molar-refractivity contribution is -0.302. The SMILES string of the molecule is CC/C=C\C/C=C\C/C=C\C/C=C\C/C=C\C/C=C\CCCCCCCCCCC(=O)NC(COC1OC(CO)C(O)C(O)C1O)C(O)/C=C/CC/C=C/CCCCCCCCCCCCCCCCCCCCCCCC. The van der Waals surface area contributed by atoms with Gasteiger partial charge in [0.15, 0.2) is 6.29 Å². The third-order valence-electron chi connectivity index (χ3n) is 14.9. The maximum Gasteiger partial charge on any atom is 0.220 e. The van der Waals surface area contributed by atoms with Crippen LogP contribution in [0, 0.1) is 0 Å². The fraction of sp³-hybridized carbons (Fsp3) is 0.754. The Balaban J connectivity index is 2.22. The Bertz CT molecular complexity index is 1550. The zero-order valence-electron chi connectivity index (χ0n) is 50.1. The number of amides is 1. The molecule has 0 aromatic heterocycles. The van der Waals surface area contributed by atoms with Crippen molar-refractivity contribution in [1.29, 1.82) is 0 Å². The van der Waals surface area contributed by atoms with Crippen LogP contribution in [0.3, 0.4) is 0 Å². The van der Waals surface area contributed by atoms with Crippen LogP contribution in [0.1, 0.15) is 277 Å². The van der Waals surface area contributed by atoms with E-state index in [4.69, 9.17) is 9.47 Å². The molecular formula is C69H121NO8. The highest BCUT2D eigenvalue weighted by Gasteiger charge is 2.44. The Hall–Kier alpha value is -2.89. The molecule has 1 aliphatic heterocycles. The third kappa shape index (κ3) is 45.8. The Morgan fingerprint density at radius 2 is 0.808 bits per heavy atom. The van der Waals surface area contributed by atoms with Gasteiger partial charge in [-0.3, -0.25) is 4.79 Å². The largest absolute Gasteiger partial charge is 0.394 e. The standard InChI is InChI=1S/C69H121NO8/c1-3-5-7-9-11-13-15-17-19-21-23-25-27-29-31-33-34-36-38-40-42-44-46-48-50-52-54-56-58-63(72)62(61-77-69-68(76)67(75)66(74)64(60-71)78-69)70-65(73)59-57-55-53-51-49-47-45-43-41-39-37-35-32-30-28-26-24-22-20-18-16-14-12-10-8-6-4-2/h6,8,12,14,18,20,24,26,30,32,37,39,48,50,56,58,62-64,66-69,71-72,74-76H,3-5,7,9-11,13,15-17,19,21-23,25,27-29,31,33-36,38,40-47,49,51-55,57,59-61H2,1-2H3,(H,70,73)/b8-6-,14-12-,20-18-,26-24-,32-30-,39-37-,50-48+,58-56+. The molecule has 1 heterocycles. The molecule has 0 saturated carbocycles. The molecule has 0 bridgehead atoms. The lowest BCUT2D eigenvalue weighted by atomic mass is 9.99. The Morgan fingerprint density at radius 3 is 1.23 bits per heavy atom. The number of allylic oxidation sites excluding steroid dienone is 15. The molecule has 450 valence electrons. The molecule has 7 unspecified atom stereocenters. The zero-order chi connectivity index (χ0) is 56.5. The number of hydrogen-bond acceptors (Lipinski definition) is 8. The van der Waals surface area contributed by atoms with E-state index in [1.165, 1.54) is 167 Å². The Morgan fingerprint density at radius 1 is 0.449 bits per heavy atom. The summed E-state index contributed by atoms with van der Waals surface area (Å²) in [7, 11) is 0. The van der Waals surface area contributed by atoms with E-state index in [0.717, 1.165) is 89.9 Å². The third-order valence-corrected chi connectivity index (χ3v) is 14.9. The molecule has 0 spiro atoms. The Labute approximate surface area is 479 Å². The van der Waals surface area contributed by atoms with Crippen molar-refractivity contribution in [2.75, 3.05) is 13.2 Å². The van der Waals surface area contributed by atoms with E-state index in [1.807, 2.05) is 6.08 Å². The molecule has 9 nitrogen and oxygen atoms in total. The van der Waals surface area contributed by atoms with Crippen molar-refractivity contribution in [1.82, 2.24) is 5.32 Å². The van der Waals surface area contributed by atoms with Crippen LogP contribution in [0.2, 0.25) is 0 Å². The van der Waals surface area contributed by atoms with Crippen LogP contribution in [-0.4, -0.2) is 87.5 Å². The number of carbonyl (C=O) groups is 1. The number of unbranched alkanes of at least 4 members (excludes halogenated alkanes) is 31. The molecular weight excluding hydrogens is 971 g/mol. The van der Waals surface area contributed by atoms with Crippen molar-refractivity contribution < 1.29 is 39.8 Å². The second kappa shape index (κ2) is 57.3. The fourth-order valence-corrected chi connectivity index (χ4v) is 9.83. The van der Waals surface area contributed by atoms with E-state index in [9.17, 15) is 30.3 Å². The number of carbonyl (C=O) groups excluding carboxylic acids is 1. The molecule has 1 rings (SSSR count). The summed E-state index contributed by atoms with van der Waals surface area (Å²) in [5.74, 6) is -0.197. The lowest BCUT2D eigenvalue weighted by Crippen LogP contribution is -2.60. The maximum atomic E-state index is 13.1. The smallest absolute Gasteiger partial charge is 0.220 e. The zero-order valence-corrected chi connectivity index (χ0v) is 50.1.